The quantitative estimate of drug-likeness (QED) is 0.512. The molecule has 24 heavy (non-hydrogen) atoms. The SMILES string of the molecule is COCOc1ccccc1-c1cc2cc(OC)c(C=O)cc2nn1. The number of benzene rings is 2. The maximum atomic E-state index is 11.1. The van der Waals surface area contributed by atoms with Crippen LogP contribution < -0.4 is 9.47 Å². The fourth-order valence-electron chi connectivity index (χ4n) is 2.41. The number of para-hydroxylation sites is 1. The molecular weight excluding hydrogens is 308 g/mol. The first-order valence-corrected chi connectivity index (χ1v) is 7.28. The molecule has 3 rings (SSSR count). The molecule has 0 aliphatic carbocycles. The van der Waals surface area contributed by atoms with E-state index in [-0.39, 0.29) is 6.79 Å². The van der Waals surface area contributed by atoms with E-state index in [1.54, 1.807) is 19.2 Å². The normalized spacial score (nSPS) is 10.6. The molecule has 0 bridgehead atoms. The first kappa shape index (κ1) is 15.9. The van der Waals surface area contributed by atoms with Gasteiger partial charge in [0, 0.05) is 18.1 Å². The van der Waals surface area contributed by atoms with Crippen LogP contribution in [-0.2, 0) is 4.74 Å². The predicted molar refractivity (Wildman–Crippen MR) is 89.4 cm³/mol. The van der Waals surface area contributed by atoms with E-state index >= 15 is 0 Å². The van der Waals surface area contributed by atoms with Crippen molar-refractivity contribution in [2.45, 2.75) is 0 Å². The van der Waals surface area contributed by atoms with Gasteiger partial charge in [0.25, 0.3) is 0 Å². The Hall–Kier alpha value is -2.99. The van der Waals surface area contributed by atoms with E-state index in [9.17, 15) is 4.79 Å². The second-order valence-corrected chi connectivity index (χ2v) is 5.05. The van der Waals surface area contributed by atoms with Gasteiger partial charge in [-0.1, -0.05) is 12.1 Å². The maximum Gasteiger partial charge on any atom is 0.188 e. The highest BCUT2D eigenvalue weighted by molar-refractivity contribution is 5.91. The van der Waals surface area contributed by atoms with Crippen molar-refractivity contribution in [1.29, 1.82) is 0 Å². The van der Waals surface area contributed by atoms with E-state index < -0.39 is 0 Å². The van der Waals surface area contributed by atoms with Crippen LogP contribution in [0.25, 0.3) is 22.2 Å². The molecule has 6 nitrogen and oxygen atoms in total. The molecule has 0 fully saturated rings. The summed E-state index contributed by atoms with van der Waals surface area (Å²) in [6, 6.07) is 12.8. The standard InChI is InChI=1S/C18H16N2O4/c1-22-11-24-17-6-4-3-5-14(17)16-7-12-9-18(23-2)13(10-21)8-15(12)19-20-16/h3-10H,11H2,1-2H3. The van der Waals surface area contributed by atoms with Gasteiger partial charge in [-0.25, -0.2) is 0 Å². The second kappa shape index (κ2) is 7.06. The summed E-state index contributed by atoms with van der Waals surface area (Å²) in [5.74, 6) is 1.16. The number of aromatic nitrogens is 2. The van der Waals surface area contributed by atoms with Crippen LogP contribution in [0.2, 0.25) is 0 Å². The molecule has 0 aliphatic rings. The Kier molecular flexibility index (Phi) is 4.67. The van der Waals surface area contributed by atoms with Gasteiger partial charge >= 0.3 is 0 Å². The predicted octanol–water partition coefficient (Wildman–Crippen LogP) is 3.10. The van der Waals surface area contributed by atoms with E-state index in [0.29, 0.717) is 28.3 Å². The third kappa shape index (κ3) is 3.04. The zero-order valence-electron chi connectivity index (χ0n) is 13.4. The molecule has 0 spiro atoms. The van der Waals surface area contributed by atoms with Crippen LogP contribution in [-0.4, -0.2) is 37.5 Å². The average Bonchev–Trinajstić information content (AvgIpc) is 2.64. The first-order valence-electron chi connectivity index (χ1n) is 7.28. The largest absolute Gasteiger partial charge is 0.496 e. The Balaban J connectivity index is 2.10. The third-order valence-electron chi connectivity index (χ3n) is 3.56. The molecule has 122 valence electrons. The van der Waals surface area contributed by atoms with Crippen LogP contribution in [0.3, 0.4) is 0 Å². The molecule has 0 N–H and O–H groups in total. The number of nitrogens with zero attached hydrogens (tertiary/aromatic N) is 2. The van der Waals surface area contributed by atoms with Crippen molar-refractivity contribution in [3.05, 3.63) is 48.0 Å². The summed E-state index contributed by atoms with van der Waals surface area (Å²) in [4.78, 5) is 11.1. The maximum absolute atomic E-state index is 11.1. The van der Waals surface area contributed by atoms with Crippen molar-refractivity contribution in [3.63, 3.8) is 0 Å². The fourth-order valence-corrected chi connectivity index (χ4v) is 2.41. The minimum atomic E-state index is 0.147. The molecular formula is C18H16N2O4. The lowest BCUT2D eigenvalue weighted by Gasteiger charge is -2.11. The minimum absolute atomic E-state index is 0.147. The first-order chi connectivity index (χ1) is 11.8. The summed E-state index contributed by atoms with van der Waals surface area (Å²) < 4.78 is 15.8. The summed E-state index contributed by atoms with van der Waals surface area (Å²) in [5, 5.41) is 9.28. The number of rotatable bonds is 6. The van der Waals surface area contributed by atoms with E-state index in [4.69, 9.17) is 14.2 Å². The second-order valence-electron chi connectivity index (χ2n) is 5.05. The van der Waals surface area contributed by atoms with Gasteiger partial charge in [0.05, 0.1) is 23.9 Å². The highest BCUT2D eigenvalue weighted by Crippen LogP contribution is 2.31. The number of carbonyl (C=O) groups excluding carboxylic acids is 1. The number of methoxy groups -OCH3 is 2. The van der Waals surface area contributed by atoms with Gasteiger partial charge in [0.1, 0.15) is 11.5 Å². The molecule has 2 aromatic carbocycles. The number of ether oxygens (including phenoxy) is 3. The van der Waals surface area contributed by atoms with Crippen molar-refractivity contribution >= 4 is 17.2 Å². The molecule has 0 amide bonds. The van der Waals surface area contributed by atoms with E-state index in [0.717, 1.165) is 17.2 Å². The monoisotopic (exact) mass is 324 g/mol. The lowest BCUT2D eigenvalue weighted by atomic mass is 10.1. The molecule has 0 atom stereocenters. The lowest BCUT2D eigenvalue weighted by Crippen LogP contribution is -2.01. The van der Waals surface area contributed by atoms with Crippen molar-refractivity contribution in [3.8, 4) is 22.8 Å². The summed E-state index contributed by atoms with van der Waals surface area (Å²) in [6.07, 6.45) is 0.738. The number of carbonyl (C=O) groups is 1. The lowest BCUT2D eigenvalue weighted by molar-refractivity contribution is 0.0515. The van der Waals surface area contributed by atoms with Gasteiger partial charge in [-0.2, -0.15) is 0 Å². The fraction of sp³-hybridized carbons (Fsp3) is 0.167. The number of fused-ring (bicyclic) bond motifs is 1. The van der Waals surface area contributed by atoms with Crippen molar-refractivity contribution < 1.29 is 19.0 Å². The smallest absolute Gasteiger partial charge is 0.188 e. The van der Waals surface area contributed by atoms with Crippen LogP contribution in [0.15, 0.2) is 42.5 Å². The topological polar surface area (TPSA) is 70.5 Å². The molecule has 1 heterocycles. The summed E-state index contributed by atoms with van der Waals surface area (Å²) in [7, 11) is 3.09. The van der Waals surface area contributed by atoms with Crippen LogP contribution in [0, 0.1) is 0 Å². The molecule has 0 saturated carbocycles. The molecule has 1 aromatic heterocycles. The van der Waals surface area contributed by atoms with E-state index in [2.05, 4.69) is 10.2 Å². The summed E-state index contributed by atoms with van der Waals surface area (Å²) in [6.45, 7) is 0.147. The van der Waals surface area contributed by atoms with Gasteiger partial charge in [0.15, 0.2) is 13.1 Å². The third-order valence-corrected chi connectivity index (χ3v) is 3.56. The zero-order valence-corrected chi connectivity index (χ0v) is 13.4. The number of aldehydes is 1. The number of hydrogen-bond donors (Lipinski definition) is 0. The van der Waals surface area contributed by atoms with Gasteiger partial charge in [-0.15, -0.1) is 10.2 Å². The Morgan fingerprint density at radius 1 is 1.04 bits per heavy atom. The molecule has 0 radical (unpaired) electrons. The van der Waals surface area contributed by atoms with Crippen LogP contribution in [0.5, 0.6) is 11.5 Å². The van der Waals surface area contributed by atoms with Crippen LogP contribution in [0.1, 0.15) is 10.4 Å². The summed E-state index contributed by atoms with van der Waals surface area (Å²) in [5.41, 5.74) is 2.53. The van der Waals surface area contributed by atoms with E-state index in [1.165, 1.54) is 7.11 Å². The highest BCUT2D eigenvalue weighted by atomic mass is 16.7. The number of hydrogen-bond acceptors (Lipinski definition) is 6. The average molecular weight is 324 g/mol. The van der Waals surface area contributed by atoms with Gasteiger partial charge in [-0.3, -0.25) is 4.79 Å². The Morgan fingerprint density at radius 2 is 1.88 bits per heavy atom. The van der Waals surface area contributed by atoms with Gasteiger partial charge in [0.2, 0.25) is 0 Å². The molecule has 6 heteroatoms. The van der Waals surface area contributed by atoms with Crippen LogP contribution >= 0.6 is 0 Å². The zero-order chi connectivity index (χ0) is 16.9. The highest BCUT2D eigenvalue weighted by Gasteiger charge is 2.11. The minimum Gasteiger partial charge on any atom is -0.496 e. The van der Waals surface area contributed by atoms with Crippen LogP contribution in [0.4, 0.5) is 0 Å². The molecule has 0 aliphatic heterocycles. The van der Waals surface area contributed by atoms with Crippen molar-refractivity contribution in [2.75, 3.05) is 21.0 Å². The Morgan fingerprint density at radius 3 is 2.62 bits per heavy atom. The van der Waals surface area contributed by atoms with Crippen molar-refractivity contribution in [2.24, 2.45) is 0 Å². The molecule has 0 unspecified atom stereocenters. The van der Waals surface area contributed by atoms with E-state index in [1.807, 2.05) is 30.3 Å². The Bertz CT molecular complexity index is 880. The molecule has 3 aromatic rings. The Labute approximate surface area is 139 Å². The summed E-state index contributed by atoms with van der Waals surface area (Å²) >= 11 is 0. The van der Waals surface area contributed by atoms with Crippen molar-refractivity contribution in [1.82, 2.24) is 10.2 Å². The van der Waals surface area contributed by atoms with Gasteiger partial charge in [-0.05, 0) is 30.3 Å². The van der Waals surface area contributed by atoms with Gasteiger partial charge < -0.3 is 14.2 Å². The molecule has 0 saturated heterocycles.